The zero-order valence-electron chi connectivity index (χ0n) is 30.6. The second kappa shape index (κ2) is 24.0. The third-order valence-electron chi connectivity index (χ3n) is 8.29. The highest BCUT2D eigenvalue weighted by Crippen LogP contribution is 2.14. The van der Waals surface area contributed by atoms with E-state index in [1.165, 1.54) is 49.0 Å². The maximum absolute atomic E-state index is 13.8. The van der Waals surface area contributed by atoms with Crippen LogP contribution >= 0.6 is 0 Å². The number of nitrogens with two attached hydrogens (primary N) is 1. The van der Waals surface area contributed by atoms with Gasteiger partial charge in [0, 0.05) is 49.2 Å². The molecule has 5 N–H and O–H groups in total. The number of amidine groups is 1. The lowest BCUT2D eigenvalue weighted by molar-refractivity contribution is -0.145. The predicted octanol–water partition coefficient (Wildman–Crippen LogP) is 3.80. The van der Waals surface area contributed by atoms with Crippen LogP contribution in [0.25, 0.3) is 0 Å². The van der Waals surface area contributed by atoms with Crippen molar-refractivity contribution in [2.75, 3.05) is 32.2 Å². The molecule has 0 aliphatic carbocycles. The Morgan fingerprint density at radius 1 is 0.882 bits per heavy atom. The van der Waals surface area contributed by atoms with Gasteiger partial charge in [-0.05, 0) is 43.0 Å². The summed E-state index contributed by atoms with van der Waals surface area (Å²) in [4.78, 5) is 59.2. The Balaban J connectivity index is 2.12. The van der Waals surface area contributed by atoms with Crippen LogP contribution in [0.3, 0.4) is 0 Å². The molecule has 3 amide bonds. The Labute approximate surface area is 305 Å². The van der Waals surface area contributed by atoms with Crippen LogP contribution < -0.4 is 16.4 Å². The zero-order chi connectivity index (χ0) is 37.6. The lowest BCUT2D eigenvalue weighted by Crippen LogP contribution is -2.56. The molecular weight excluding hydrogens is 671 g/mol. The number of aliphatic imine (C=N–C) groups is 1. The van der Waals surface area contributed by atoms with Gasteiger partial charge < -0.3 is 31.1 Å². The number of esters is 1. The van der Waals surface area contributed by atoms with E-state index in [0.29, 0.717) is 12.2 Å². The highest BCUT2D eigenvalue weighted by Gasteiger charge is 2.31. The van der Waals surface area contributed by atoms with Gasteiger partial charge in [0.15, 0.2) is 0 Å². The van der Waals surface area contributed by atoms with Crippen molar-refractivity contribution in [1.82, 2.24) is 15.5 Å². The highest BCUT2D eigenvalue weighted by molar-refractivity contribution is 7.84. The van der Waals surface area contributed by atoms with Gasteiger partial charge in [0.05, 0.1) is 18.9 Å². The number of hydrogen-bond donors (Lipinski definition) is 4. The van der Waals surface area contributed by atoms with Gasteiger partial charge in [0.1, 0.15) is 23.9 Å². The maximum Gasteiger partial charge on any atom is 0.307 e. The smallest absolute Gasteiger partial charge is 0.307 e. The monoisotopic (exact) mass is 727 g/mol. The van der Waals surface area contributed by atoms with Crippen molar-refractivity contribution in [3.05, 3.63) is 65.7 Å². The number of nitrogens with one attached hydrogen (secondary N) is 2. The molecule has 0 spiro atoms. The summed E-state index contributed by atoms with van der Waals surface area (Å²) in [6.07, 6.45) is 9.65. The molecule has 13 heteroatoms. The third-order valence-corrected chi connectivity index (χ3v) is 9.10. The molecule has 0 fully saturated rings. The number of carbonyl (C=O) groups is 4. The number of phenolic OH excluding ortho intramolecular Hbond substituents is 1. The molecule has 0 heterocycles. The Kier molecular flexibility index (Phi) is 20.2. The van der Waals surface area contributed by atoms with Crippen LogP contribution in [0.15, 0.2) is 59.6 Å². The first-order valence-electron chi connectivity index (χ1n) is 17.8. The van der Waals surface area contributed by atoms with Crippen LogP contribution in [0, 0.1) is 0 Å². The van der Waals surface area contributed by atoms with Gasteiger partial charge >= 0.3 is 5.97 Å². The van der Waals surface area contributed by atoms with Crippen molar-refractivity contribution >= 4 is 40.3 Å². The third kappa shape index (κ3) is 18.0. The van der Waals surface area contributed by atoms with Crippen LogP contribution in [0.5, 0.6) is 5.75 Å². The number of benzene rings is 2. The lowest BCUT2D eigenvalue weighted by Gasteiger charge is -2.27. The largest absolute Gasteiger partial charge is 0.508 e. The summed E-state index contributed by atoms with van der Waals surface area (Å²) in [6.45, 7) is 4.17. The Bertz CT molecular complexity index is 1420. The second-order valence-corrected chi connectivity index (χ2v) is 14.4. The molecule has 2 aromatic rings. The number of likely N-dealkylation sites (N-methyl/N-ethyl adjacent to an activating group) is 1. The summed E-state index contributed by atoms with van der Waals surface area (Å²) < 4.78 is 17.4. The normalized spacial score (nSPS) is 13.8. The van der Waals surface area contributed by atoms with E-state index in [1.807, 2.05) is 30.3 Å². The SMILES string of the molecule is CCCCCCCCCOC(=O)CCN(C)C(=O)[C@H](Cc1ccccc1)NC(=O)[C@@H](CCS(C)=O)NC(=O)[C@H](Cc1ccc(O)cc1)N=C(C)N. The molecule has 2 rings (SSSR count). The number of hydrogen-bond acceptors (Lipinski definition) is 8. The average molecular weight is 728 g/mol. The van der Waals surface area contributed by atoms with Crippen molar-refractivity contribution in [3.8, 4) is 5.75 Å². The summed E-state index contributed by atoms with van der Waals surface area (Å²) in [6, 6.07) is 12.4. The van der Waals surface area contributed by atoms with Crippen molar-refractivity contribution < 1.29 is 33.2 Å². The van der Waals surface area contributed by atoms with Crippen molar-refractivity contribution in [1.29, 1.82) is 0 Å². The molecule has 0 radical (unpaired) electrons. The van der Waals surface area contributed by atoms with Gasteiger partial charge in [-0.3, -0.25) is 28.4 Å². The average Bonchev–Trinajstić information content (AvgIpc) is 3.10. The summed E-state index contributed by atoms with van der Waals surface area (Å²) in [7, 11) is 0.300. The minimum atomic E-state index is -1.27. The predicted molar refractivity (Wildman–Crippen MR) is 202 cm³/mol. The molecule has 1 unspecified atom stereocenters. The van der Waals surface area contributed by atoms with Crippen molar-refractivity contribution in [2.45, 2.75) is 103 Å². The first kappa shape index (κ1) is 42.9. The number of aromatic hydroxyl groups is 1. The Morgan fingerprint density at radius 3 is 2.12 bits per heavy atom. The number of phenols is 1. The molecular formula is C38H57N5O7S. The van der Waals surface area contributed by atoms with Gasteiger partial charge in [-0.25, -0.2) is 0 Å². The molecule has 0 aliphatic rings. The first-order valence-corrected chi connectivity index (χ1v) is 19.5. The molecule has 0 aliphatic heterocycles. The minimum absolute atomic E-state index is 0.00916. The Hall–Kier alpha value is -4.26. The summed E-state index contributed by atoms with van der Waals surface area (Å²) in [5.74, 6) is -1.63. The number of nitrogens with zero attached hydrogens (tertiary/aromatic N) is 2. The first-order chi connectivity index (χ1) is 24.4. The van der Waals surface area contributed by atoms with E-state index in [2.05, 4.69) is 22.5 Å². The van der Waals surface area contributed by atoms with Crippen LogP contribution in [-0.4, -0.2) is 94.1 Å². The van der Waals surface area contributed by atoms with E-state index < -0.39 is 52.6 Å². The fourth-order valence-corrected chi connectivity index (χ4v) is 5.96. The van der Waals surface area contributed by atoms with Crippen LogP contribution in [0.4, 0.5) is 0 Å². The van der Waals surface area contributed by atoms with E-state index >= 15 is 0 Å². The summed E-state index contributed by atoms with van der Waals surface area (Å²) >= 11 is 0. The molecule has 0 saturated heterocycles. The van der Waals surface area contributed by atoms with Gasteiger partial charge in [-0.2, -0.15) is 0 Å². The van der Waals surface area contributed by atoms with Gasteiger partial charge in [0.2, 0.25) is 17.7 Å². The molecule has 0 saturated carbocycles. The second-order valence-electron chi connectivity index (χ2n) is 12.9. The van der Waals surface area contributed by atoms with Crippen LogP contribution in [-0.2, 0) is 47.6 Å². The maximum atomic E-state index is 13.8. The van der Waals surface area contributed by atoms with E-state index in [0.717, 1.165) is 24.8 Å². The van der Waals surface area contributed by atoms with E-state index in [9.17, 15) is 28.5 Å². The lowest BCUT2D eigenvalue weighted by atomic mass is 10.0. The molecule has 2 aromatic carbocycles. The highest BCUT2D eigenvalue weighted by atomic mass is 32.2. The molecule has 282 valence electrons. The number of amides is 3. The van der Waals surface area contributed by atoms with E-state index in [1.54, 1.807) is 26.1 Å². The van der Waals surface area contributed by atoms with E-state index in [-0.39, 0.29) is 49.6 Å². The summed E-state index contributed by atoms with van der Waals surface area (Å²) in [5, 5.41) is 15.2. The minimum Gasteiger partial charge on any atom is -0.508 e. The fourth-order valence-electron chi connectivity index (χ4n) is 5.39. The van der Waals surface area contributed by atoms with Gasteiger partial charge in [-0.1, -0.05) is 87.9 Å². The van der Waals surface area contributed by atoms with Gasteiger partial charge in [-0.15, -0.1) is 0 Å². The topological polar surface area (TPSA) is 180 Å². The van der Waals surface area contributed by atoms with Crippen molar-refractivity contribution in [2.24, 2.45) is 10.7 Å². The van der Waals surface area contributed by atoms with Crippen LogP contribution in [0.2, 0.25) is 0 Å². The standard InChI is InChI=1S/C38H57N5O7S/c1-5-6-7-8-9-10-14-24-50-35(45)21-23-43(3)38(48)34(27-29-15-12-11-13-16-29)42-36(46)32(22-25-51(4)49)41-37(47)33(40-28(2)39)26-30-17-19-31(44)20-18-30/h11-13,15-20,32-34,44H,5-10,14,21-27H2,1-4H3,(H2,39,40)(H,41,47)(H,42,46)/t32-,33+,34+,51?/m1/s1. The number of carbonyl (C=O) groups excluding carboxylic acids is 4. The molecule has 0 aromatic heterocycles. The molecule has 51 heavy (non-hydrogen) atoms. The summed E-state index contributed by atoms with van der Waals surface area (Å²) in [5.41, 5.74) is 7.35. The zero-order valence-corrected chi connectivity index (χ0v) is 31.4. The number of rotatable bonds is 24. The number of unbranched alkanes of at least 4 members (excludes halogenated alkanes) is 6. The van der Waals surface area contributed by atoms with Crippen molar-refractivity contribution in [3.63, 3.8) is 0 Å². The number of ether oxygens (including phenoxy) is 1. The van der Waals surface area contributed by atoms with E-state index in [4.69, 9.17) is 10.5 Å². The van der Waals surface area contributed by atoms with Gasteiger partial charge in [0.25, 0.3) is 0 Å². The van der Waals surface area contributed by atoms with Crippen LogP contribution in [0.1, 0.15) is 82.8 Å². The molecule has 12 nitrogen and oxygen atoms in total. The Morgan fingerprint density at radius 2 is 1.49 bits per heavy atom. The molecule has 4 atom stereocenters. The fraction of sp³-hybridized carbons (Fsp3) is 0.553. The quantitative estimate of drug-likeness (QED) is 0.0546. The molecule has 0 bridgehead atoms.